The van der Waals surface area contributed by atoms with Gasteiger partial charge >= 0.3 is 15.5 Å². The lowest BCUT2D eigenvalue weighted by atomic mass is 10.1. The lowest BCUT2D eigenvalue weighted by Crippen LogP contribution is -2.29. The number of hydrogen-bond donors (Lipinski definition) is 2. The van der Waals surface area contributed by atoms with Crippen LogP contribution in [0.2, 0.25) is 0 Å². The van der Waals surface area contributed by atoms with Crippen LogP contribution in [-0.4, -0.2) is 25.0 Å². The molecule has 3 aromatic rings. The number of carbonyl (C=O) groups is 1. The van der Waals surface area contributed by atoms with Crippen molar-refractivity contribution in [3.63, 3.8) is 0 Å². The van der Waals surface area contributed by atoms with Crippen molar-refractivity contribution in [1.82, 2.24) is 5.32 Å². The first-order valence-corrected chi connectivity index (χ1v) is 13.0. The van der Waals surface area contributed by atoms with Gasteiger partial charge in [0.25, 0.3) is 5.91 Å². The number of nitrogens with zero attached hydrogens (tertiary/aromatic N) is 2. The van der Waals surface area contributed by atoms with E-state index in [-0.39, 0.29) is 16.8 Å². The zero-order valence-corrected chi connectivity index (χ0v) is 20.8. The Bertz CT molecular complexity index is 1540. The van der Waals surface area contributed by atoms with E-state index in [1.807, 2.05) is 12.1 Å². The van der Waals surface area contributed by atoms with E-state index in [0.29, 0.717) is 28.5 Å². The van der Waals surface area contributed by atoms with Crippen molar-refractivity contribution < 1.29 is 31.1 Å². The topological polar surface area (TPSA) is 121 Å². The van der Waals surface area contributed by atoms with E-state index >= 15 is 0 Å². The molecule has 4 rings (SSSR count). The third kappa shape index (κ3) is 6.72. The lowest BCUT2D eigenvalue weighted by molar-refractivity contribution is -0.115. The maximum atomic E-state index is 12.5. The van der Waals surface area contributed by atoms with Crippen LogP contribution >= 0.6 is 11.8 Å². The van der Waals surface area contributed by atoms with Crippen molar-refractivity contribution in [3.8, 4) is 11.8 Å². The first-order chi connectivity index (χ1) is 18.0. The average Bonchev–Trinajstić information content (AvgIpc) is 3.22. The average molecular weight is 559 g/mol. The summed E-state index contributed by atoms with van der Waals surface area (Å²) < 4.78 is 67.1. The number of amides is 1. The molecular formula is C25H17F3N4O4S2. The number of sulfonamides is 1. The van der Waals surface area contributed by atoms with Crippen LogP contribution in [0.3, 0.4) is 0 Å². The van der Waals surface area contributed by atoms with Crippen LogP contribution < -0.4 is 14.8 Å². The van der Waals surface area contributed by atoms with Crippen molar-refractivity contribution in [3.05, 3.63) is 94.4 Å². The summed E-state index contributed by atoms with van der Waals surface area (Å²) in [6.07, 6.45) is 1.67. The number of hydrogen-bond acceptors (Lipinski definition) is 7. The van der Waals surface area contributed by atoms with Gasteiger partial charge in [-0.3, -0.25) is 9.52 Å². The molecule has 1 aliphatic heterocycles. The van der Waals surface area contributed by atoms with E-state index in [4.69, 9.17) is 10.00 Å². The van der Waals surface area contributed by atoms with Crippen molar-refractivity contribution in [2.75, 3.05) is 4.72 Å². The zero-order chi connectivity index (χ0) is 27.3. The Morgan fingerprint density at radius 3 is 2.29 bits per heavy atom. The van der Waals surface area contributed by atoms with Gasteiger partial charge < -0.3 is 10.1 Å². The molecule has 2 N–H and O–H groups in total. The van der Waals surface area contributed by atoms with Crippen molar-refractivity contribution in [2.24, 2.45) is 4.99 Å². The van der Waals surface area contributed by atoms with E-state index in [2.05, 4.69) is 16.4 Å². The second kappa shape index (κ2) is 11.0. The van der Waals surface area contributed by atoms with E-state index in [1.165, 1.54) is 16.9 Å². The third-order valence-electron chi connectivity index (χ3n) is 4.97. The van der Waals surface area contributed by atoms with Crippen LogP contribution in [-0.2, 0) is 21.4 Å². The molecule has 0 unspecified atom stereocenters. The van der Waals surface area contributed by atoms with Gasteiger partial charge in [0.15, 0.2) is 5.17 Å². The van der Waals surface area contributed by atoms with E-state index < -0.39 is 15.5 Å². The first-order valence-electron chi connectivity index (χ1n) is 10.7. The second-order valence-corrected chi connectivity index (χ2v) is 10.5. The summed E-state index contributed by atoms with van der Waals surface area (Å²) in [5.74, 6) is 0.257. The minimum absolute atomic E-state index is 0.257. The molecule has 13 heteroatoms. The van der Waals surface area contributed by atoms with Gasteiger partial charge in [-0.1, -0.05) is 24.3 Å². The molecule has 1 amide bonds. The molecule has 1 heterocycles. The Kier molecular flexibility index (Phi) is 7.75. The SMILES string of the molecule is N#Cc1ccc(COc2ccc(C=C3SC(=Nc4ccc(NS(=O)(=O)C(F)(F)F)cc4)NC3=O)cc2)cc1. The number of amidine groups is 1. The van der Waals surface area contributed by atoms with Gasteiger partial charge in [0.1, 0.15) is 12.4 Å². The number of nitriles is 1. The van der Waals surface area contributed by atoms with Crippen molar-refractivity contribution in [2.45, 2.75) is 12.1 Å². The highest BCUT2D eigenvalue weighted by molar-refractivity contribution is 8.18. The molecule has 0 aromatic heterocycles. The van der Waals surface area contributed by atoms with Gasteiger partial charge in [-0.2, -0.15) is 26.9 Å². The maximum Gasteiger partial charge on any atom is 0.516 e. The van der Waals surface area contributed by atoms with Gasteiger partial charge in [-0.05, 0) is 77.5 Å². The molecule has 1 saturated heterocycles. The molecule has 1 aliphatic rings. The highest BCUT2D eigenvalue weighted by Crippen LogP contribution is 2.30. The lowest BCUT2D eigenvalue weighted by Gasteiger charge is -2.10. The number of aliphatic imine (C=N–C) groups is 1. The highest BCUT2D eigenvalue weighted by atomic mass is 32.2. The van der Waals surface area contributed by atoms with E-state index in [1.54, 1.807) is 42.5 Å². The molecule has 1 fully saturated rings. The van der Waals surface area contributed by atoms with Crippen LogP contribution in [0.1, 0.15) is 16.7 Å². The number of carbonyl (C=O) groups excluding carboxylic acids is 1. The van der Waals surface area contributed by atoms with Crippen LogP contribution in [0.25, 0.3) is 6.08 Å². The molecule has 0 radical (unpaired) electrons. The van der Waals surface area contributed by atoms with Crippen LogP contribution in [0.5, 0.6) is 5.75 Å². The first kappa shape index (κ1) is 26.8. The summed E-state index contributed by atoms with van der Waals surface area (Å²) in [5, 5.41) is 11.7. The number of anilines is 1. The smallest absolute Gasteiger partial charge is 0.489 e. The van der Waals surface area contributed by atoms with Crippen molar-refractivity contribution in [1.29, 1.82) is 5.26 Å². The summed E-state index contributed by atoms with van der Waals surface area (Å²) in [5.41, 5.74) is -3.18. The summed E-state index contributed by atoms with van der Waals surface area (Å²) in [7, 11) is -5.52. The fraction of sp³-hybridized carbons (Fsp3) is 0.0800. The fourth-order valence-corrected chi connectivity index (χ4v) is 4.47. The van der Waals surface area contributed by atoms with Gasteiger partial charge in [0, 0.05) is 5.69 Å². The number of alkyl halides is 3. The molecule has 194 valence electrons. The summed E-state index contributed by atoms with van der Waals surface area (Å²) >= 11 is 1.08. The Balaban J connectivity index is 1.36. The predicted octanol–water partition coefficient (Wildman–Crippen LogP) is 5.29. The standard InChI is InChI=1S/C25H17F3N4O4S2/c26-25(27,28)38(34,35)32-20-9-7-19(8-10-20)30-24-31-23(33)22(37-24)13-16-5-11-21(12-6-16)36-15-18-3-1-17(14-29)2-4-18/h1-13,32H,15H2,(H,30,31,33). The molecule has 0 saturated carbocycles. The highest BCUT2D eigenvalue weighted by Gasteiger charge is 2.46. The quantitative estimate of drug-likeness (QED) is 0.380. The second-order valence-electron chi connectivity index (χ2n) is 7.75. The third-order valence-corrected chi connectivity index (χ3v) is 7.00. The monoisotopic (exact) mass is 558 g/mol. The minimum Gasteiger partial charge on any atom is -0.489 e. The summed E-state index contributed by atoms with van der Waals surface area (Å²) in [6, 6.07) is 21.1. The normalized spacial score (nSPS) is 15.8. The van der Waals surface area contributed by atoms with E-state index in [0.717, 1.165) is 35.0 Å². The molecule has 38 heavy (non-hydrogen) atoms. The molecule has 0 spiro atoms. The predicted molar refractivity (Wildman–Crippen MR) is 138 cm³/mol. The Morgan fingerprint density at radius 2 is 1.68 bits per heavy atom. The van der Waals surface area contributed by atoms with E-state index in [9.17, 15) is 26.4 Å². The zero-order valence-electron chi connectivity index (χ0n) is 19.2. The Labute approximate surface area is 219 Å². The van der Waals surface area contributed by atoms with Crippen LogP contribution in [0.4, 0.5) is 24.5 Å². The number of ether oxygens (including phenoxy) is 1. The molecular weight excluding hydrogens is 541 g/mol. The number of rotatable bonds is 7. The van der Waals surface area contributed by atoms with Crippen LogP contribution in [0, 0.1) is 11.3 Å². The maximum absolute atomic E-state index is 12.5. The van der Waals surface area contributed by atoms with Crippen molar-refractivity contribution >= 4 is 50.3 Å². The Hall–Kier alpha value is -4.28. The van der Waals surface area contributed by atoms with Gasteiger partial charge in [-0.25, -0.2) is 4.99 Å². The molecule has 0 atom stereocenters. The molecule has 0 bridgehead atoms. The summed E-state index contributed by atoms with van der Waals surface area (Å²) in [6.45, 7) is 0.333. The van der Waals surface area contributed by atoms with Gasteiger partial charge in [0.2, 0.25) is 0 Å². The minimum atomic E-state index is -5.52. The largest absolute Gasteiger partial charge is 0.516 e. The number of thioether (sulfide) groups is 1. The molecule has 3 aromatic carbocycles. The number of benzene rings is 3. The van der Waals surface area contributed by atoms with Gasteiger partial charge in [0.05, 0.1) is 22.2 Å². The number of halogens is 3. The molecule has 0 aliphatic carbocycles. The molecule has 8 nitrogen and oxygen atoms in total. The van der Waals surface area contributed by atoms with Gasteiger partial charge in [-0.15, -0.1) is 0 Å². The number of nitrogens with one attached hydrogen (secondary N) is 2. The fourth-order valence-electron chi connectivity index (χ4n) is 3.07. The van der Waals surface area contributed by atoms with Crippen LogP contribution in [0.15, 0.2) is 82.7 Å². The Morgan fingerprint density at radius 1 is 1.03 bits per heavy atom. The summed E-state index contributed by atoms with van der Waals surface area (Å²) in [4.78, 5) is 17.0.